The van der Waals surface area contributed by atoms with E-state index in [9.17, 15) is 9.90 Å². The van der Waals surface area contributed by atoms with Crippen LogP contribution in [0, 0.1) is 17.2 Å². The van der Waals surface area contributed by atoms with Crippen LogP contribution in [0.2, 0.25) is 0 Å². The lowest BCUT2D eigenvalue weighted by molar-refractivity contribution is -0.126. The molecule has 24 heavy (non-hydrogen) atoms. The second-order valence-electron chi connectivity index (χ2n) is 6.92. The van der Waals surface area contributed by atoms with Crippen LogP contribution >= 0.6 is 0 Å². The highest BCUT2D eigenvalue weighted by Gasteiger charge is 2.36. The van der Waals surface area contributed by atoms with Crippen molar-refractivity contribution in [2.75, 3.05) is 24.5 Å². The van der Waals surface area contributed by atoms with Crippen LogP contribution in [0.3, 0.4) is 0 Å². The molecule has 3 rings (SSSR count). The van der Waals surface area contributed by atoms with Gasteiger partial charge in [0.05, 0.1) is 23.8 Å². The maximum atomic E-state index is 13.0. The largest absolute Gasteiger partial charge is 0.393 e. The van der Waals surface area contributed by atoms with Crippen molar-refractivity contribution >= 4 is 11.6 Å². The van der Waals surface area contributed by atoms with Gasteiger partial charge in [-0.3, -0.25) is 9.69 Å². The molecule has 2 aliphatic heterocycles. The molecule has 0 radical (unpaired) electrons. The molecule has 1 aromatic rings. The highest BCUT2D eigenvalue weighted by Crippen LogP contribution is 2.28. The first-order valence-electron chi connectivity index (χ1n) is 8.84. The standard InChI is InChI=1S/C19H25N3O2/c1-14(23)16-8-11-21(12-9-16)18-3-2-10-22(19(18)24)17-6-4-15(13-20)5-7-17/h4-7,14,16,18,23H,2-3,8-12H2,1H3. The zero-order valence-corrected chi connectivity index (χ0v) is 14.2. The summed E-state index contributed by atoms with van der Waals surface area (Å²) in [6.45, 7) is 4.37. The Morgan fingerprint density at radius 3 is 2.42 bits per heavy atom. The number of carbonyl (C=O) groups is 1. The number of benzene rings is 1. The van der Waals surface area contributed by atoms with E-state index in [1.807, 2.05) is 24.0 Å². The lowest BCUT2D eigenvalue weighted by Crippen LogP contribution is -2.54. The fourth-order valence-electron chi connectivity index (χ4n) is 3.88. The van der Waals surface area contributed by atoms with E-state index in [0.717, 1.165) is 51.0 Å². The average Bonchev–Trinajstić information content (AvgIpc) is 2.62. The zero-order valence-electron chi connectivity index (χ0n) is 14.2. The molecule has 0 aliphatic carbocycles. The molecule has 0 aromatic heterocycles. The molecule has 0 bridgehead atoms. The summed E-state index contributed by atoms with van der Waals surface area (Å²) in [7, 11) is 0. The SMILES string of the molecule is CC(O)C1CCN(C2CCCN(c3ccc(C#N)cc3)C2=O)CC1. The van der Waals surface area contributed by atoms with Crippen molar-refractivity contribution < 1.29 is 9.90 Å². The van der Waals surface area contributed by atoms with Crippen LogP contribution in [0.5, 0.6) is 0 Å². The van der Waals surface area contributed by atoms with Gasteiger partial charge >= 0.3 is 0 Å². The van der Waals surface area contributed by atoms with Crippen molar-refractivity contribution in [1.29, 1.82) is 5.26 Å². The number of piperidine rings is 2. The van der Waals surface area contributed by atoms with E-state index in [-0.39, 0.29) is 18.1 Å². The molecule has 2 aliphatic rings. The molecular formula is C19H25N3O2. The van der Waals surface area contributed by atoms with Gasteiger partial charge in [-0.05, 0) is 75.9 Å². The van der Waals surface area contributed by atoms with E-state index in [1.165, 1.54) is 0 Å². The van der Waals surface area contributed by atoms with Gasteiger partial charge in [-0.1, -0.05) is 0 Å². The third-order valence-corrected chi connectivity index (χ3v) is 5.42. The summed E-state index contributed by atoms with van der Waals surface area (Å²) < 4.78 is 0. The maximum absolute atomic E-state index is 13.0. The number of hydrogen-bond acceptors (Lipinski definition) is 4. The van der Waals surface area contributed by atoms with Gasteiger partial charge in [0.25, 0.3) is 0 Å². The van der Waals surface area contributed by atoms with Crippen LogP contribution < -0.4 is 4.90 Å². The minimum Gasteiger partial charge on any atom is -0.393 e. The molecule has 0 spiro atoms. The van der Waals surface area contributed by atoms with Gasteiger partial charge in [0.2, 0.25) is 5.91 Å². The summed E-state index contributed by atoms with van der Waals surface area (Å²) in [6, 6.07) is 9.31. The Morgan fingerprint density at radius 1 is 1.17 bits per heavy atom. The fraction of sp³-hybridized carbons (Fsp3) is 0.579. The molecule has 128 valence electrons. The van der Waals surface area contributed by atoms with Gasteiger partial charge in [0.1, 0.15) is 0 Å². The summed E-state index contributed by atoms with van der Waals surface area (Å²) >= 11 is 0. The van der Waals surface area contributed by atoms with Crippen LogP contribution in [0.4, 0.5) is 5.69 Å². The van der Waals surface area contributed by atoms with Gasteiger partial charge in [0, 0.05) is 12.2 Å². The third kappa shape index (κ3) is 3.45. The number of nitriles is 1. The monoisotopic (exact) mass is 327 g/mol. The molecule has 1 aromatic carbocycles. The summed E-state index contributed by atoms with van der Waals surface area (Å²) in [5, 5.41) is 18.7. The smallest absolute Gasteiger partial charge is 0.244 e. The number of rotatable bonds is 3. The van der Waals surface area contributed by atoms with E-state index >= 15 is 0 Å². The molecule has 2 atom stereocenters. The Kier molecular flexibility index (Phi) is 5.17. The molecule has 5 nitrogen and oxygen atoms in total. The second-order valence-corrected chi connectivity index (χ2v) is 6.92. The van der Waals surface area contributed by atoms with E-state index < -0.39 is 0 Å². The predicted molar refractivity (Wildman–Crippen MR) is 92.5 cm³/mol. The second kappa shape index (κ2) is 7.33. The molecule has 2 fully saturated rings. The number of aliphatic hydroxyl groups excluding tert-OH is 1. The summed E-state index contributed by atoms with van der Waals surface area (Å²) in [5.74, 6) is 0.524. The summed E-state index contributed by atoms with van der Waals surface area (Å²) in [6.07, 6.45) is 3.55. The topological polar surface area (TPSA) is 67.6 Å². The van der Waals surface area contributed by atoms with Crippen molar-refractivity contribution in [3.8, 4) is 6.07 Å². The number of aliphatic hydroxyl groups is 1. The minimum absolute atomic E-state index is 0.0515. The molecule has 2 saturated heterocycles. The van der Waals surface area contributed by atoms with Crippen molar-refractivity contribution in [2.24, 2.45) is 5.92 Å². The van der Waals surface area contributed by atoms with E-state index in [0.29, 0.717) is 11.5 Å². The van der Waals surface area contributed by atoms with Crippen LogP contribution in [0.25, 0.3) is 0 Å². The maximum Gasteiger partial charge on any atom is 0.244 e. The fourth-order valence-corrected chi connectivity index (χ4v) is 3.88. The highest BCUT2D eigenvalue weighted by atomic mass is 16.3. The molecule has 0 saturated carbocycles. The van der Waals surface area contributed by atoms with Crippen LogP contribution in [-0.4, -0.2) is 47.7 Å². The Hall–Kier alpha value is -1.90. The zero-order chi connectivity index (χ0) is 17.1. The normalized spacial score (nSPS) is 24.6. The first kappa shape index (κ1) is 16.9. The predicted octanol–water partition coefficient (Wildman–Crippen LogP) is 2.15. The number of anilines is 1. The van der Waals surface area contributed by atoms with E-state index in [1.54, 1.807) is 12.1 Å². The highest BCUT2D eigenvalue weighted by molar-refractivity contribution is 5.98. The number of carbonyl (C=O) groups excluding carboxylic acids is 1. The van der Waals surface area contributed by atoms with Gasteiger partial charge < -0.3 is 10.0 Å². The van der Waals surface area contributed by atoms with E-state index in [2.05, 4.69) is 11.0 Å². The average molecular weight is 327 g/mol. The van der Waals surface area contributed by atoms with Crippen molar-refractivity contribution in [1.82, 2.24) is 4.90 Å². The lowest BCUT2D eigenvalue weighted by Gasteiger charge is -2.42. The molecular weight excluding hydrogens is 302 g/mol. The number of amides is 1. The van der Waals surface area contributed by atoms with Gasteiger partial charge in [-0.25, -0.2) is 0 Å². The molecule has 2 heterocycles. The van der Waals surface area contributed by atoms with Crippen molar-refractivity contribution in [3.63, 3.8) is 0 Å². The lowest BCUT2D eigenvalue weighted by atomic mass is 9.90. The van der Waals surface area contributed by atoms with Gasteiger partial charge in [-0.15, -0.1) is 0 Å². The summed E-state index contributed by atoms with van der Waals surface area (Å²) in [4.78, 5) is 17.1. The van der Waals surface area contributed by atoms with E-state index in [4.69, 9.17) is 5.26 Å². The minimum atomic E-state index is -0.260. The van der Waals surface area contributed by atoms with Crippen LogP contribution in [0.1, 0.15) is 38.2 Å². The van der Waals surface area contributed by atoms with Crippen LogP contribution in [-0.2, 0) is 4.79 Å². The third-order valence-electron chi connectivity index (χ3n) is 5.42. The number of hydrogen-bond donors (Lipinski definition) is 1. The van der Waals surface area contributed by atoms with Gasteiger partial charge in [0.15, 0.2) is 0 Å². The number of nitrogens with zero attached hydrogens (tertiary/aromatic N) is 3. The Bertz CT molecular complexity index is 612. The van der Waals surface area contributed by atoms with Crippen molar-refractivity contribution in [3.05, 3.63) is 29.8 Å². The van der Waals surface area contributed by atoms with Crippen molar-refractivity contribution in [2.45, 2.75) is 44.8 Å². The first-order chi connectivity index (χ1) is 11.6. The van der Waals surface area contributed by atoms with Gasteiger partial charge in [-0.2, -0.15) is 5.26 Å². The molecule has 5 heteroatoms. The number of likely N-dealkylation sites (tertiary alicyclic amines) is 1. The van der Waals surface area contributed by atoms with Crippen LogP contribution in [0.15, 0.2) is 24.3 Å². The first-order valence-corrected chi connectivity index (χ1v) is 8.84. The molecule has 1 N–H and O–H groups in total. The Morgan fingerprint density at radius 2 is 1.83 bits per heavy atom. The summed E-state index contributed by atoms with van der Waals surface area (Å²) in [5.41, 5.74) is 1.49. The quantitative estimate of drug-likeness (QED) is 0.924. The Labute approximate surface area is 143 Å². The molecule has 2 unspecified atom stereocenters. The Balaban J connectivity index is 1.68. The molecule has 1 amide bonds.